The van der Waals surface area contributed by atoms with Crippen molar-refractivity contribution in [2.24, 2.45) is 5.92 Å². The summed E-state index contributed by atoms with van der Waals surface area (Å²) in [5, 5.41) is 4.39. The number of benzene rings is 1. The lowest BCUT2D eigenvalue weighted by molar-refractivity contribution is 0.211. The van der Waals surface area contributed by atoms with Gasteiger partial charge in [-0.15, -0.1) is 0 Å². The average Bonchev–Trinajstić information content (AvgIpc) is 2.93. The maximum absolute atomic E-state index is 6.19. The molecule has 1 fully saturated rings. The number of nitrogens with zero attached hydrogens (tertiary/aromatic N) is 1. The number of halogens is 1. The van der Waals surface area contributed by atoms with Crippen LogP contribution in [0.3, 0.4) is 0 Å². The van der Waals surface area contributed by atoms with Gasteiger partial charge in [0.15, 0.2) is 0 Å². The highest BCUT2D eigenvalue weighted by Gasteiger charge is 2.18. The van der Waals surface area contributed by atoms with Crippen molar-refractivity contribution >= 4 is 11.6 Å². The number of hydrogen-bond acceptors (Lipinski definition) is 3. The van der Waals surface area contributed by atoms with E-state index in [0.717, 1.165) is 42.8 Å². The minimum atomic E-state index is 0.790. The molecule has 1 aromatic rings. The van der Waals surface area contributed by atoms with Gasteiger partial charge in [-0.25, -0.2) is 0 Å². The van der Waals surface area contributed by atoms with Gasteiger partial charge < -0.3 is 15.0 Å². The molecule has 1 saturated heterocycles. The molecular weight excluding hydrogens is 284 g/mol. The Labute approximate surface area is 132 Å². The van der Waals surface area contributed by atoms with Crippen molar-refractivity contribution < 1.29 is 4.74 Å². The summed E-state index contributed by atoms with van der Waals surface area (Å²) in [6.07, 6.45) is 4.94. The summed E-state index contributed by atoms with van der Waals surface area (Å²) in [4.78, 5) is 2.43. The minimum absolute atomic E-state index is 0.790. The van der Waals surface area contributed by atoms with Crippen LogP contribution in [0.25, 0.3) is 0 Å². The van der Waals surface area contributed by atoms with Gasteiger partial charge in [0.1, 0.15) is 5.75 Å². The fraction of sp³-hybridized carbons (Fsp3) is 0.647. The number of ether oxygens (including phenoxy) is 1. The Kier molecular flexibility index (Phi) is 5.04. The van der Waals surface area contributed by atoms with Crippen LogP contribution < -0.4 is 10.1 Å². The zero-order valence-electron chi connectivity index (χ0n) is 12.8. The monoisotopic (exact) mass is 308 g/mol. The maximum atomic E-state index is 6.19. The molecule has 21 heavy (non-hydrogen) atoms. The van der Waals surface area contributed by atoms with E-state index in [1.165, 1.54) is 43.5 Å². The normalized spacial score (nSPS) is 19.5. The van der Waals surface area contributed by atoms with Crippen LogP contribution in [0, 0.1) is 5.92 Å². The third kappa shape index (κ3) is 3.91. The first-order chi connectivity index (χ1) is 10.2. The van der Waals surface area contributed by atoms with Gasteiger partial charge >= 0.3 is 0 Å². The summed E-state index contributed by atoms with van der Waals surface area (Å²) in [6.45, 7) is 5.23. The Bertz CT molecular complexity index is 484. The van der Waals surface area contributed by atoms with Gasteiger partial charge in [-0.05, 0) is 69.6 Å². The zero-order chi connectivity index (χ0) is 14.7. The molecule has 0 amide bonds. The van der Waals surface area contributed by atoms with E-state index in [-0.39, 0.29) is 0 Å². The Morgan fingerprint density at radius 3 is 2.95 bits per heavy atom. The van der Waals surface area contributed by atoms with Crippen LogP contribution in [0.4, 0.5) is 0 Å². The van der Waals surface area contributed by atoms with E-state index < -0.39 is 0 Å². The predicted octanol–water partition coefficient (Wildman–Crippen LogP) is 3.10. The van der Waals surface area contributed by atoms with E-state index in [9.17, 15) is 0 Å². The molecule has 3 nitrogen and oxygen atoms in total. The smallest absolute Gasteiger partial charge is 0.127 e. The van der Waals surface area contributed by atoms with Crippen molar-refractivity contribution in [3.05, 3.63) is 28.3 Å². The molecule has 0 atom stereocenters. The van der Waals surface area contributed by atoms with Crippen molar-refractivity contribution in [1.82, 2.24) is 10.2 Å². The molecule has 0 unspecified atom stereocenters. The molecular formula is C17H25ClN2O. The molecule has 0 aromatic heterocycles. The molecule has 116 valence electrons. The number of fused-ring (bicyclic) bond motifs is 1. The Hall–Kier alpha value is -0.770. The second-order valence-electron chi connectivity index (χ2n) is 6.36. The Morgan fingerprint density at radius 2 is 2.14 bits per heavy atom. The number of hydrogen-bond donors (Lipinski definition) is 1. The molecule has 0 radical (unpaired) electrons. The highest BCUT2D eigenvalue weighted by molar-refractivity contribution is 6.30. The van der Waals surface area contributed by atoms with Crippen LogP contribution in [-0.2, 0) is 13.0 Å². The van der Waals surface area contributed by atoms with E-state index in [2.05, 4.69) is 17.3 Å². The van der Waals surface area contributed by atoms with Crippen molar-refractivity contribution in [1.29, 1.82) is 0 Å². The van der Waals surface area contributed by atoms with Gasteiger partial charge in [-0.1, -0.05) is 11.6 Å². The first kappa shape index (κ1) is 15.1. The summed E-state index contributed by atoms with van der Waals surface area (Å²) in [5.41, 5.74) is 2.47. The minimum Gasteiger partial charge on any atom is -0.493 e. The second kappa shape index (κ2) is 6.99. The van der Waals surface area contributed by atoms with Crippen molar-refractivity contribution in [3.63, 3.8) is 0 Å². The molecule has 1 aromatic carbocycles. The van der Waals surface area contributed by atoms with Crippen LogP contribution in [0.15, 0.2) is 12.1 Å². The molecule has 0 spiro atoms. The average molecular weight is 309 g/mol. The van der Waals surface area contributed by atoms with Crippen LogP contribution in [0.1, 0.15) is 30.4 Å². The second-order valence-corrected chi connectivity index (χ2v) is 6.80. The molecule has 0 bridgehead atoms. The van der Waals surface area contributed by atoms with Crippen LogP contribution in [0.2, 0.25) is 5.02 Å². The lowest BCUT2D eigenvalue weighted by atomic mass is 9.94. The van der Waals surface area contributed by atoms with Gasteiger partial charge in [0.2, 0.25) is 0 Å². The SMILES string of the molecule is CN1CCC(CCNCc2cc(Cl)cc3c2OCC3)CC1. The standard InChI is InChI=1S/C17H25ClN2O/c1-20-7-3-13(4-8-20)2-6-19-12-15-11-16(18)10-14-5-9-21-17(14)15/h10-11,13,19H,2-9,12H2,1H3. The van der Waals surface area contributed by atoms with E-state index in [0.29, 0.717) is 0 Å². The third-order valence-electron chi connectivity index (χ3n) is 4.71. The summed E-state index contributed by atoms with van der Waals surface area (Å²) in [7, 11) is 2.22. The maximum Gasteiger partial charge on any atom is 0.127 e. The summed E-state index contributed by atoms with van der Waals surface area (Å²) in [6, 6.07) is 4.07. The van der Waals surface area contributed by atoms with Gasteiger partial charge in [-0.3, -0.25) is 0 Å². The molecule has 3 rings (SSSR count). The highest BCUT2D eigenvalue weighted by atomic mass is 35.5. The number of piperidine rings is 1. The molecule has 0 saturated carbocycles. The zero-order valence-corrected chi connectivity index (χ0v) is 13.6. The number of nitrogens with one attached hydrogen (secondary N) is 1. The van der Waals surface area contributed by atoms with Crippen molar-refractivity contribution in [3.8, 4) is 5.75 Å². The Balaban J connectivity index is 1.46. The van der Waals surface area contributed by atoms with Crippen LogP contribution >= 0.6 is 11.6 Å². The molecule has 4 heteroatoms. The largest absolute Gasteiger partial charge is 0.493 e. The van der Waals surface area contributed by atoms with E-state index >= 15 is 0 Å². The first-order valence-corrected chi connectivity index (χ1v) is 8.43. The van der Waals surface area contributed by atoms with Gasteiger partial charge in [-0.2, -0.15) is 0 Å². The first-order valence-electron chi connectivity index (χ1n) is 8.06. The fourth-order valence-corrected chi connectivity index (χ4v) is 3.62. The van der Waals surface area contributed by atoms with Crippen molar-refractivity contribution in [2.75, 3.05) is 33.3 Å². The van der Waals surface area contributed by atoms with Gasteiger partial charge in [0.05, 0.1) is 6.61 Å². The predicted molar refractivity (Wildman–Crippen MR) is 87.2 cm³/mol. The topological polar surface area (TPSA) is 24.5 Å². The van der Waals surface area contributed by atoms with Crippen LogP contribution in [0.5, 0.6) is 5.75 Å². The molecule has 1 N–H and O–H groups in total. The van der Waals surface area contributed by atoms with Crippen molar-refractivity contribution in [2.45, 2.75) is 32.2 Å². The highest BCUT2D eigenvalue weighted by Crippen LogP contribution is 2.32. The third-order valence-corrected chi connectivity index (χ3v) is 4.93. The van der Waals surface area contributed by atoms with Gasteiger partial charge in [0, 0.05) is 23.6 Å². The molecule has 2 heterocycles. The molecule has 0 aliphatic carbocycles. The van der Waals surface area contributed by atoms with E-state index in [1.807, 2.05) is 12.1 Å². The van der Waals surface area contributed by atoms with E-state index in [1.54, 1.807) is 0 Å². The lowest BCUT2D eigenvalue weighted by Crippen LogP contribution is -2.31. The fourth-order valence-electron chi connectivity index (χ4n) is 3.36. The van der Waals surface area contributed by atoms with Crippen LogP contribution in [-0.4, -0.2) is 38.2 Å². The summed E-state index contributed by atoms with van der Waals surface area (Å²) >= 11 is 6.19. The number of rotatable bonds is 5. The molecule has 2 aliphatic heterocycles. The summed E-state index contributed by atoms with van der Waals surface area (Å²) in [5.74, 6) is 1.95. The van der Waals surface area contributed by atoms with E-state index in [4.69, 9.17) is 16.3 Å². The summed E-state index contributed by atoms with van der Waals surface area (Å²) < 4.78 is 5.74. The van der Waals surface area contributed by atoms with Gasteiger partial charge in [0.25, 0.3) is 0 Å². The number of likely N-dealkylation sites (tertiary alicyclic amines) is 1. The lowest BCUT2D eigenvalue weighted by Gasteiger charge is -2.28. The Morgan fingerprint density at radius 1 is 1.33 bits per heavy atom. The quantitative estimate of drug-likeness (QED) is 0.846. The molecule has 2 aliphatic rings.